The number of hydrogen-bond donors (Lipinski definition) is 1. The van der Waals surface area contributed by atoms with E-state index in [2.05, 4.69) is 73.2 Å². The van der Waals surface area contributed by atoms with Gasteiger partial charge in [-0.3, -0.25) is 0 Å². The molecule has 1 aromatic carbocycles. The van der Waals surface area contributed by atoms with Crippen LogP contribution in [0.2, 0.25) is 0 Å². The average Bonchev–Trinajstić information content (AvgIpc) is 2.41. The van der Waals surface area contributed by atoms with Crippen molar-refractivity contribution in [2.24, 2.45) is 11.8 Å². The van der Waals surface area contributed by atoms with E-state index in [4.69, 9.17) is 4.74 Å². The lowest BCUT2D eigenvalue weighted by molar-refractivity contribution is 0.161. The summed E-state index contributed by atoms with van der Waals surface area (Å²) in [4.78, 5) is 0. The standard InChI is InChI=1S/C18H30BrNO/c1-14(10-11-21-5)16(13-20-18(2,3)4)12-15-6-8-17(19)9-7-15/h6-9,14,16,20H,10-13H2,1-5H3. The van der Waals surface area contributed by atoms with Gasteiger partial charge >= 0.3 is 0 Å². The topological polar surface area (TPSA) is 21.3 Å². The molecule has 2 atom stereocenters. The third-order valence-corrected chi connectivity index (χ3v) is 4.42. The quantitative estimate of drug-likeness (QED) is 0.731. The van der Waals surface area contributed by atoms with Gasteiger partial charge in [-0.25, -0.2) is 0 Å². The van der Waals surface area contributed by atoms with Gasteiger partial charge in [0.25, 0.3) is 0 Å². The maximum atomic E-state index is 5.25. The van der Waals surface area contributed by atoms with E-state index in [1.54, 1.807) is 7.11 Å². The number of halogens is 1. The monoisotopic (exact) mass is 355 g/mol. The van der Waals surface area contributed by atoms with Crippen molar-refractivity contribution in [2.45, 2.75) is 46.1 Å². The summed E-state index contributed by atoms with van der Waals surface area (Å²) in [5, 5.41) is 3.66. The summed E-state index contributed by atoms with van der Waals surface area (Å²) in [5.41, 5.74) is 1.57. The molecule has 0 bridgehead atoms. The minimum absolute atomic E-state index is 0.166. The van der Waals surface area contributed by atoms with E-state index in [-0.39, 0.29) is 5.54 Å². The molecule has 0 aliphatic heterocycles. The first-order valence-electron chi connectivity index (χ1n) is 7.80. The third-order valence-electron chi connectivity index (χ3n) is 3.89. The Bertz CT molecular complexity index is 397. The predicted octanol–water partition coefficient (Wildman–Crippen LogP) is 4.67. The van der Waals surface area contributed by atoms with Crippen molar-refractivity contribution in [2.75, 3.05) is 20.3 Å². The Balaban J connectivity index is 2.68. The molecule has 0 aliphatic rings. The zero-order valence-corrected chi connectivity index (χ0v) is 15.7. The molecule has 0 heterocycles. The molecule has 0 spiro atoms. The summed E-state index contributed by atoms with van der Waals surface area (Å²) in [6.45, 7) is 10.9. The van der Waals surface area contributed by atoms with Gasteiger partial charge in [-0.1, -0.05) is 35.0 Å². The SMILES string of the molecule is COCCC(C)C(CNC(C)(C)C)Cc1ccc(Br)cc1. The maximum Gasteiger partial charge on any atom is 0.0464 e. The van der Waals surface area contributed by atoms with Crippen LogP contribution in [0.25, 0.3) is 0 Å². The van der Waals surface area contributed by atoms with Crippen LogP contribution in [0, 0.1) is 11.8 Å². The van der Waals surface area contributed by atoms with Crippen LogP contribution < -0.4 is 5.32 Å². The minimum Gasteiger partial charge on any atom is -0.385 e. The van der Waals surface area contributed by atoms with Gasteiger partial charge in [-0.05, 0) is 69.7 Å². The highest BCUT2D eigenvalue weighted by molar-refractivity contribution is 9.10. The first kappa shape index (κ1) is 18.7. The van der Waals surface area contributed by atoms with Crippen LogP contribution in [-0.2, 0) is 11.2 Å². The Morgan fingerprint density at radius 1 is 1.19 bits per heavy atom. The number of nitrogens with one attached hydrogen (secondary N) is 1. The van der Waals surface area contributed by atoms with Gasteiger partial charge in [0.1, 0.15) is 0 Å². The van der Waals surface area contributed by atoms with Gasteiger partial charge in [0.05, 0.1) is 0 Å². The molecule has 21 heavy (non-hydrogen) atoms. The number of rotatable bonds is 8. The highest BCUT2D eigenvalue weighted by Crippen LogP contribution is 2.22. The Kier molecular flexibility index (Phi) is 7.93. The Morgan fingerprint density at radius 3 is 2.33 bits per heavy atom. The summed E-state index contributed by atoms with van der Waals surface area (Å²) >= 11 is 3.50. The van der Waals surface area contributed by atoms with Crippen molar-refractivity contribution in [1.29, 1.82) is 0 Å². The van der Waals surface area contributed by atoms with Gasteiger partial charge in [0, 0.05) is 23.7 Å². The van der Waals surface area contributed by atoms with E-state index in [1.807, 2.05) is 0 Å². The fraction of sp³-hybridized carbons (Fsp3) is 0.667. The molecule has 1 N–H and O–H groups in total. The zero-order valence-electron chi connectivity index (χ0n) is 14.1. The first-order chi connectivity index (χ1) is 9.81. The molecule has 0 aliphatic carbocycles. The van der Waals surface area contributed by atoms with Crippen LogP contribution in [0.3, 0.4) is 0 Å². The van der Waals surface area contributed by atoms with Gasteiger partial charge in [-0.2, -0.15) is 0 Å². The molecule has 1 rings (SSSR count). The largest absolute Gasteiger partial charge is 0.385 e. The molecule has 120 valence electrons. The lowest BCUT2D eigenvalue weighted by atomic mass is 9.85. The highest BCUT2D eigenvalue weighted by Gasteiger charge is 2.20. The lowest BCUT2D eigenvalue weighted by Gasteiger charge is -2.29. The van der Waals surface area contributed by atoms with E-state index in [9.17, 15) is 0 Å². The molecule has 0 saturated carbocycles. The third kappa shape index (κ3) is 7.98. The molecule has 3 heteroatoms. The molecule has 2 unspecified atom stereocenters. The molecule has 0 aromatic heterocycles. The van der Waals surface area contributed by atoms with Crippen molar-refractivity contribution in [3.05, 3.63) is 34.3 Å². The predicted molar refractivity (Wildman–Crippen MR) is 94.7 cm³/mol. The Hall–Kier alpha value is -0.380. The van der Waals surface area contributed by atoms with Crippen LogP contribution in [0.5, 0.6) is 0 Å². The van der Waals surface area contributed by atoms with Gasteiger partial charge < -0.3 is 10.1 Å². The molecule has 0 saturated heterocycles. The van der Waals surface area contributed by atoms with Crippen LogP contribution in [-0.4, -0.2) is 25.8 Å². The second-order valence-corrected chi connectivity index (χ2v) is 7.90. The zero-order chi connectivity index (χ0) is 15.9. The van der Waals surface area contributed by atoms with Crippen LogP contribution in [0.1, 0.15) is 39.7 Å². The van der Waals surface area contributed by atoms with Crippen LogP contribution in [0.15, 0.2) is 28.7 Å². The highest BCUT2D eigenvalue weighted by atomic mass is 79.9. The molecule has 0 amide bonds. The van der Waals surface area contributed by atoms with Gasteiger partial charge in [-0.15, -0.1) is 0 Å². The average molecular weight is 356 g/mol. The normalized spacial score (nSPS) is 15.0. The van der Waals surface area contributed by atoms with Crippen LogP contribution >= 0.6 is 15.9 Å². The summed E-state index contributed by atoms with van der Waals surface area (Å²) in [7, 11) is 1.78. The number of benzene rings is 1. The summed E-state index contributed by atoms with van der Waals surface area (Å²) < 4.78 is 6.39. The van der Waals surface area contributed by atoms with Crippen molar-refractivity contribution in [3.8, 4) is 0 Å². The number of hydrogen-bond acceptors (Lipinski definition) is 2. The fourth-order valence-corrected chi connectivity index (χ4v) is 2.64. The summed E-state index contributed by atoms with van der Waals surface area (Å²) in [5.74, 6) is 1.27. The molecule has 0 fully saturated rings. The van der Waals surface area contributed by atoms with E-state index in [1.165, 1.54) is 5.56 Å². The molecule has 0 radical (unpaired) electrons. The first-order valence-corrected chi connectivity index (χ1v) is 8.59. The summed E-state index contributed by atoms with van der Waals surface area (Å²) in [6, 6.07) is 8.70. The van der Waals surface area contributed by atoms with Crippen LogP contribution in [0.4, 0.5) is 0 Å². The second-order valence-electron chi connectivity index (χ2n) is 6.98. The van der Waals surface area contributed by atoms with E-state index < -0.39 is 0 Å². The van der Waals surface area contributed by atoms with E-state index in [0.29, 0.717) is 11.8 Å². The van der Waals surface area contributed by atoms with E-state index in [0.717, 1.165) is 30.5 Å². The van der Waals surface area contributed by atoms with Crippen molar-refractivity contribution in [1.82, 2.24) is 5.32 Å². The minimum atomic E-state index is 0.166. The second kappa shape index (κ2) is 8.92. The molecular weight excluding hydrogens is 326 g/mol. The Labute approximate surface area is 138 Å². The number of ether oxygens (including phenoxy) is 1. The molecular formula is C18H30BrNO. The lowest BCUT2D eigenvalue weighted by Crippen LogP contribution is -2.41. The van der Waals surface area contributed by atoms with E-state index >= 15 is 0 Å². The van der Waals surface area contributed by atoms with Crippen molar-refractivity contribution in [3.63, 3.8) is 0 Å². The summed E-state index contributed by atoms with van der Waals surface area (Å²) in [6.07, 6.45) is 2.23. The molecule has 2 nitrogen and oxygen atoms in total. The maximum absolute atomic E-state index is 5.25. The van der Waals surface area contributed by atoms with Gasteiger partial charge in [0.15, 0.2) is 0 Å². The van der Waals surface area contributed by atoms with Crippen molar-refractivity contribution >= 4 is 15.9 Å². The fourth-order valence-electron chi connectivity index (χ4n) is 2.37. The number of methoxy groups -OCH3 is 1. The Morgan fingerprint density at radius 2 is 1.81 bits per heavy atom. The van der Waals surface area contributed by atoms with Gasteiger partial charge in [0.2, 0.25) is 0 Å². The molecule has 1 aromatic rings. The smallest absolute Gasteiger partial charge is 0.0464 e. The van der Waals surface area contributed by atoms with Crippen molar-refractivity contribution < 1.29 is 4.74 Å².